The third kappa shape index (κ3) is 3.77. The van der Waals surface area contributed by atoms with Crippen LogP contribution in [-0.4, -0.2) is 53.6 Å². The minimum atomic E-state index is -4.42. The molecule has 9 heteroatoms. The van der Waals surface area contributed by atoms with E-state index in [1.165, 1.54) is 7.11 Å². The number of hydrogen-bond donors (Lipinski definition) is 2. The SMILES string of the molecule is COCC(N)C(=O)N1CCC(c2ncc(C(F)(F)F)[nH]2)CC1. The molecule has 0 spiro atoms. The van der Waals surface area contributed by atoms with Crippen LogP contribution in [0.2, 0.25) is 0 Å². The van der Waals surface area contributed by atoms with Crippen molar-refractivity contribution in [1.29, 1.82) is 0 Å². The van der Waals surface area contributed by atoms with Crippen molar-refractivity contribution in [2.45, 2.75) is 31.0 Å². The van der Waals surface area contributed by atoms with E-state index in [9.17, 15) is 18.0 Å². The number of likely N-dealkylation sites (tertiary alicyclic amines) is 1. The van der Waals surface area contributed by atoms with E-state index in [4.69, 9.17) is 10.5 Å². The maximum atomic E-state index is 12.5. The fourth-order valence-electron chi connectivity index (χ4n) is 2.55. The van der Waals surface area contributed by atoms with Crippen LogP contribution in [0.4, 0.5) is 13.2 Å². The highest BCUT2D eigenvalue weighted by Gasteiger charge is 2.34. The summed E-state index contributed by atoms with van der Waals surface area (Å²) in [6.07, 6.45) is -2.51. The monoisotopic (exact) mass is 320 g/mol. The second kappa shape index (κ2) is 6.66. The summed E-state index contributed by atoms with van der Waals surface area (Å²) in [5.41, 5.74) is 4.85. The molecule has 0 aliphatic carbocycles. The molecule has 22 heavy (non-hydrogen) atoms. The second-order valence-corrected chi connectivity index (χ2v) is 5.34. The molecule has 3 N–H and O–H groups in total. The number of hydrogen-bond acceptors (Lipinski definition) is 4. The van der Waals surface area contributed by atoms with Crippen molar-refractivity contribution in [2.75, 3.05) is 26.8 Å². The number of nitrogens with two attached hydrogens (primary N) is 1. The van der Waals surface area contributed by atoms with Crippen molar-refractivity contribution in [1.82, 2.24) is 14.9 Å². The molecule has 0 bridgehead atoms. The number of carbonyl (C=O) groups is 1. The summed E-state index contributed by atoms with van der Waals surface area (Å²) in [7, 11) is 1.47. The molecular weight excluding hydrogens is 301 g/mol. The molecule has 0 aromatic carbocycles. The molecule has 0 radical (unpaired) electrons. The molecule has 1 unspecified atom stereocenters. The highest BCUT2D eigenvalue weighted by Crippen LogP contribution is 2.31. The number of nitrogens with one attached hydrogen (secondary N) is 1. The lowest BCUT2D eigenvalue weighted by molar-refractivity contribution is -0.141. The molecule has 2 heterocycles. The van der Waals surface area contributed by atoms with E-state index in [0.717, 1.165) is 6.20 Å². The molecule has 1 amide bonds. The second-order valence-electron chi connectivity index (χ2n) is 5.34. The van der Waals surface area contributed by atoms with Crippen molar-refractivity contribution in [3.63, 3.8) is 0 Å². The first-order valence-corrected chi connectivity index (χ1v) is 6.98. The van der Waals surface area contributed by atoms with Gasteiger partial charge in [0.05, 0.1) is 12.8 Å². The van der Waals surface area contributed by atoms with Gasteiger partial charge in [-0.3, -0.25) is 4.79 Å². The van der Waals surface area contributed by atoms with Crippen molar-refractivity contribution >= 4 is 5.91 Å². The van der Waals surface area contributed by atoms with Gasteiger partial charge >= 0.3 is 6.18 Å². The smallest absolute Gasteiger partial charge is 0.383 e. The number of aromatic amines is 1. The Morgan fingerprint density at radius 2 is 2.18 bits per heavy atom. The third-order valence-electron chi connectivity index (χ3n) is 3.76. The molecule has 1 aliphatic heterocycles. The molecule has 1 fully saturated rings. The Morgan fingerprint density at radius 3 is 2.68 bits per heavy atom. The largest absolute Gasteiger partial charge is 0.432 e. The van der Waals surface area contributed by atoms with Crippen LogP contribution in [0, 0.1) is 0 Å². The standard InChI is InChI=1S/C13H19F3N4O2/c1-22-7-9(17)12(21)20-4-2-8(3-5-20)11-18-6-10(19-11)13(14,15)16/h6,8-9H,2-5,7,17H2,1H3,(H,18,19). The van der Waals surface area contributed by atoms with Gasteiger partial charge in [0.25, 0.3) is 0 Å². The molecule has 2 rings (SSSR count). The van der Waals surface area contributed by atoms with E-state index in [1.54, 1.807) is 4.90 Å². The Bertz CT molecular complexity index is 510. The number of alkyl halides is 3. The van der Waals surface area contributed by atoms with Gasteiger partial charge in [0.2, 0.25) is 5.91 Å². The third-order valence-corrected chi connectivity index (χ3v) is 3.76. The Labute approximate surface area is 125 Å². The van der Waals surface area contributed by atoms with Gasteiger partial charge in [-0.25, -0.2) is 4.98 Å². The Hall–Kier alpha value is -1.61. The minimum absolute atomic E-state index is 0.112. The van der Waals surface area contributed by atoms with Crippen LogP contribution in [-0.2, 0) is 15.7 Å². The molecule has 1 saturated heterocycles. The molecule has 1 aromatic heterocycles. The normalized spacial score (nSPS) is 18.5. The van der Waals surface area contributed by atoms with Crippen LogP contribution < -0.4 is 5.73 Å². The summed E-state index contributed by atoms with van der Waals surface area (Å²) in [5.74, 6) is 0.00939. The van der Waals surface area contributed by atoms with Crippen molar-refractivity contribution in [2.24, 2.45) is 5.73 Å². The van der Waals surface area contributed by atoms with Gasteiger partial charge in [-0.05, 0) is 12.8 Å². The first-order valence-electron chi connectivity index (χ1n) is 6.98. The molecule has 1 atom stereocenters. The lowest BCUT2D eigenvalue weighted by atomic mass is 9.96. The average Bonchev–Trinajstić information content (AvgIpc) is 2.97. The summed E-state index contributed by atoms with van der Waals surface area (Å²) in [6, 6.07) is -0.706. The van der Waals surface area contributed by atoms with E-state index in [2.05, 4.69) is 9.97 Å². The Morgan fingerprint density at radius 1 is 1.55 bits per heavy atom. The number of amides is 1. The Balaban J connectivity index is 1.92. The van der Waals surface area contributed by atoms with Crippen molar-refractivity contribution < 1.29 is 22.7 Å². The summed E-state index contributed by atoms with van der Waals surface area (Å²) < 4.78 is 42.5. The predicted molar refractivity (Wildman–Crippen MR) is 72.0 cm³/mol. The fourth-order valence-corrected chi connectivity index (χ4v) is 2.55. The number of rotatable bonds is 4. The predicted octanol–water partition coefficient (Wildman–Crippen LogP) is 1.11. The van der Waals surface area contributed by atoms with Crippen LogP contribution in [0.1, 0.15) is 30.3 Å². The van der Waals surface area contributed by atoms with Gasteiger partial charge < -0.3 is 20.4 Å². The zero-order valence-electron chi connectivity index (χ0n) is 12.2. The van der Waals surface area contributed by atoms with Crippen molar-refractivity contribution in [3.05, 3.63) is 17.7 Å². The summed E-state index contributed by atoms with van der Waals surface area (Å²) >= 11 is 0. The topological polar surface area (TPSA) is 84.2 Å². The lowest BCUT2D eigenvalue weighted by Gasteiger charge is -2.32. The van der Waals surface area contributed by atoms with E-state index in [1.807, 2.05) is 0 Å². The minimum Gasteiger partial charge on any atom is -0.383 e. The number of carbonyl (C=O) groups excluding carboxylic acids is 1. The van der Waals surface area contributed by atoms with Gasteiger partial charge in [-0.15, -0.1) is 0 Å². The molecule has 1 aromatic rings. The van der Waals surface area contributed by atoms with E-state index in [-0.39, 0.29) is 18.4 Å². The molecule has 6 nitrogen and oxygen atoms in total. The zero-order valence-corrected chi connectivity index (χ0v) is 12.2. The van der Waals surface area contributed by atoms with Gasteiger partial charge in [0, 0.05) is 26.1 Å². The Kier molecular flexibility index (Phi) is 5.07. The number of ether oxygens (including phenoxy) is 1. The van der Waals surface area contributed by atoms with Gasteiger partial charge in [0.15, 0.2) is 0 Å². The number of halogens is 3. The number of H-pyrrole nitrogens is 1. The fraction of sp³-hybridized carbons (Fsp3) is 0.692. The molecule has 124 valence electrons. The molecule has 1 aliphatic rings. The average molecular weight is 320 g/mol. The summed E-state index contributed by atoms with van der Waals surface area (Å²) in [6.45, 7) is 1.04. The maximum absolute atomic E-state index is 12.5. The van der Waals surface area contributed by atoms with E-state index >= 15 is 0 Å². The molecule has 0 saturated carbocycles. The number of imidazole rings is 1. The number of piperidine rings is 1. The van der Waals surface area contributed by atoms with Crippen LogP contribution in [0.5, 0.6) is 0 Å². The molecular formula is C13H19F3N4O2. The van der Waals surface area contributed by atoms with Crippen LogP contribution >= 0.6 is 0 Å². The maximum Gasteiger partial charge on any atom is 0.432 e. The van der Waals surface area contributed by atoms with Gasteiger partial charge in [0.1, 0.15) is 17.6 Å². The van der Waals surface area contributed by atoms with Gasteiger partial charge in [-0.2, -0.15) is 13.2 Å². The zero-order chi connectivity index (χ0) is 16.3. The number of aromatic nitrogens is 2. The highest BCUT2D eigenvalue weighted by molar-refractivity contribution is 5.81. The first-order chi connectivity index (χ1) is 10.3. The summed E-state index contributed by atoms with van der Waals surface area (Å²) in [5, 5.41) is 0. The van der Waals surface area contributed by atoms with E-state index < -0.39 is 17.9 Å². The van der Waals surface area contributed by atoms with E-state index in [0.29, 0.717) is 31.8 Å². The van der Waals surface area contributed by atoms with Crippen LogP contribution in [0.25, 0.3) is 0 Å². The summed E-state index contributed by atoms with van der Waals surface area (Å²) in [4.78, 5) is 19.8. The lowest BCUT2D eigenvalue weighted by Crippen LogP contribution is -2.48. The quantitative estimate of drug-likeness (QED) is 0.870. The van der Waals surface area contributed by atoms with Crippen LogP contribution in [0.3, 0.4) is 0 Å². The highest BCUT2D eigenvalue weighted by atomic mass is 19.4. The van der Waals surface area contributed by atoms with Crippen molar-refractivity contribution in [3.8, 4) is 0 Å². The van der Waals surface area contributed by atoms with Crippen LogP contribution in [0.15, 0.2) is 6.20 Å². The number of methoxy groups -OCH3 is 1. The number of nitrogens with zero attached hydrogens (tertiary/aromatic N) is 2. The first kappa shape index (κ1) is 16.8. The van der Waals surface area contributed by atoms with Gasteiger partial charge in [-0.1, -0.05) is 0 Å².